The van der Waals surface area contributed by atoms with E-state index in [1.165, 1.54) is 23.2 Å². The summed E-state index contributed by atoms with van der Waals surface area (Å²) in [6, 6.07) is 2.93. The van der Waals surface area contributed by atoms with Crippen molar-refractivity contribution in [2.24, 2.45) is 0 Å². The summed E-state index contributed by atoms with van der Waals surface area (Å²) in [5.74, 6) is -1.14. The lowest BCUT2D eigenvalue weighted by Crippen LogP contribution is -2.33. The normalized spacial score (nSPS) is 10.2. The van der Waals surface area contributed by atoms with Gasteiger partial charge in [-0.25, -0.2) is 4.98 Å². The molecule has 16 heavy (non-hydrogen) atoms. The van der Waals surface area contributed by atoms with E-state index in [2.05, 4.69) is 4.98 Å². The Hall–Kier alpha value is -1.49. The van der Waals surface area contributed by atoms with Crippen molar-refractivity contribution in [2.75, 3.05) is 19.7 Å². The van der Waals surface area contributed by atoms with Gasteiger partial charge in [0.25, 0.3) is 5.91 Å². The Balaban J connectivity index is 2.79. The van der Waals surface area contributed by atoms with Crippen molar-refractivity contribution in [1.29, 1.82) is 0 Å². The SMILES string of the molecule is CCN(CCCO)C(=O)c1cccnc1F. The summed E-state index contributed by atoms with van der Waals surface area (Å²) in [7, 11) is 0. The Morgan fingerprint density at radius 2 is 2.38 bits per heavy atom. The summed E-state index contributed by atoms with van der Waals surface area (Å²) < 4.78 is 13.3. The van der Waals surface area contributed by atoms with Gasteiger partial charge in [0.15, 0.2) is 0 Å². The molecule has 0 fully saturated rings. The molecule has 0 saturated heterocycles. The van der Waals surface area contributed by atoms with Gasteiger partial charge in [-0.15, -0.1) is 0 Å². The van der Waals surface area contributed by atoms with Gasteiger partial charge in [-0.05, 0) is 25.5 Å². The molecule has 1 aromatic rings. The van der Waals surface area contributed by atoms with Crippen LogP contribution in [0.1, 0.15) is 23.7 Å². The highest BCUT2D eigenvalue weighted by Gasteiger charge is 2.17. The van der Waals surface area contributed by atoms with Crippen LogP contribution in [0.5, 0.6) is 0 Å². The van der Waals surface area contributed by atoms with Gasteiger partial charge in [-0.3, -0.25) is 4.79 Å². The number of aromatic nitrogens is 1. The fraction of sp³-hybridized carbons (Fsp3) is 0.455. The second-order valence-electron chi connectivity index (χ2n) is 3.30. The molecule has 0 aliphatic heterocycles. The van der Waals surface area contributed by atoms with E-state index in [4.69, 9.17) is 5.11 Å². The number of hydrogen-bond acceptors (Lipinski definition) is 3. The molecule has 0 atom stereocenters. The minimum atomic E-state index is -0.755. The first kappa shape index (κ1) is 12.6. The van der Waals surface area contributed by atoms with Crippen molar-refractivity contribution in [3.63, 3.8) is 0 Å². The summed E-state index contributed by atoms with van der Waals surface area (Å²) in [5.41, 5.74) is -0.0257. The van der Waals surface area contributed by atoms with Gasteiger partial charge >= 0.3 is 0 Å². The van der Waals surface area contributed by atoms with E-state index in [1.807, 2.05) is 6.92 Å². The second kappa shape index (κ2) is 6.17. The number of pyridine rings is 1. The summed E-state index contributed by atoms with van der Waals surface area (Å²) >= 11 is 0. The molecule has 0 saturated carbocycles. The van der Waals surface area contributed by atoms with Crippen LogP contribution in [0.3, 0.4) is 0 Å². The molecule has 1 heterocycles. The fourth-order valence-corrected chi connectivity index (χ4v) is 1.38. The predicted molar refractivity (Wildman–Crippen MR) is 57.5 cm³/mol. The number of aliphatic hydroxyl groups is 1. The molecule has 5 heteroatoms. The molecule has 4 nitrogen and oxygen atoms in total. The topological polar surface area (TPSA) is 53.4 Å². The largest absolute Gasteiger partial charge is 0.396 e. The van der Waals surface area contributed by atoms with Crippen molar-refractivity contribution in [1.82, 2.24) is 9.88 Å². The zero-order valence-electron chi connectivity index (χ0n) is 9.19. The summed E-state index contributed by atoms with van der Waals surface area (Å²) in [6.45, 7) is 2.72. The van der Waals surface area contributed by atoms with Crippen molar-refractivity contribution in [3.05, 3.63) is 29.8 Å². The Bertz CT molecular complexity index is 358. The molecular formula is C11H15FN2O2. The molecule has 0 aromatic carbocycles. The molecule has 0 unspecified atom stereocenters. The minimum absolute atomic E-state index is 0.0132. The summed E-state index contributed by atoms with van der Waals surface area (Å²) in [5, 5.41) is 8.69. The molecule has 0 aliphatic carbocycles. The van der Waals surface area contributed by atoms with Gasteiger partial charge in [-0.1, -0.05) is 0 Å². The van der Waals surface area contributed by atoms with Gasteiger partial charge in [0, 0.05) is 25.9 Å². The van der Waals surface area contributed by atoms with E-state index in [1.54, 1.807) is 0 Å². The third-order valence-corrected chi connectivity index (χ3v) is 2.24. The highest BCUT2D eigenvalue weighted by molar-refractivity contribution is 5.94. The van der Waals surface area contributed by atoms with E-state index in [0.717, 1.165) is 0 Å². The zero-order chi connectivity index (χ0) is 12.0. The smallest absolute Gasteiger partial charge is 0.258 e. The number of nitrogens with zero attached hydrogens (tertiary/aromatic N) is 2. The standard InChI is InChI=1S/C11H15FN2O2/c1-2-14(7-4-8-15)11(16)9-5-3-6-13-10(9)12/h3,5-6,15H,2,4,7-8H2,1H3. The fourth-order valence-electron chi connectivity index (χ4n) is 1.38. The molecule has 0 bridgehead atoms. The number of rotatable bonds is 5. The third kappa shape index (κ3) is 3.00. The first-order valence-electron chi connectivity index (χ1n) is 5.21. The van der Waals surface area contributed by atoms with Gasteiger partial charge in [-0.2, -0.15) is 4.39 Å². The van der Waals surface area contributed by atoms with E-state index in [9.17, 15) is 9.18 Å². The Kier molecular flexibility index (Phi) is 4.85. The lowest BCUT2D eigenvalue weighted by atomic mass is 10.2. The average Bonchev–Trinajstić information content (AvgIpc) is 2.30. The van der Waals surface area contributed by atoms with Crippen LogP contribution in [-0.4, -0.2) is 40.6 Å². The van der Waals surface area contributed by atoms with Crippen molar-refractivity contribution < 1.29 is 14.3 Å². The van der Waals surface area contributed by atoms with E-state index >= 15 is 0 Å². The Labute approximate surface area is 93.7 Å². The molecular weight excluding hydrogens is 211 g/mol. The third-order valence-electron chi connectivity index (χ3n) is 2.24. The lowest BCUT2D eigenvalue weighted by molar-refractivity contribution is 0.0748. The first-order valence-corrected chi connectivity index (χ1v) is 5.21. The van der Waals surface area contributed by atoms with Crippen LogP contribution in [0.25, 0.3) is 0 Å². The highest BCUT2D eigenvalue weighted by Crippen LogP contribution is 2.08. The zero-order valence-corrected chi connectivity index (χ0v) is 9.19. The highest BCUT2D eigenvalue weighted by atomic mass is 19.1. The minimum Gasteiger partial charge on any atom is -0.396 e. The predicted octanol–water partition coefficient (Wildman–Crippen LogP) is 1.07. The molecule has 0 spiro atoms. The Morgan fingerprint density at radius 3 is 2.94 bits per heavy atom. The average molecular weight is 226 g/mol. The van der Waals surface area contributed by atoms with Crippen molar-refractivity contribution >= 4 is 5.91 Å². The van der Waals surface area contributed by atoms with Gasteiger partial charge in [0.1, 0.15) is 0 Å². The monoisotopic (exact) mass is 226 g/mol. The van der Waals surface area contributed by atoms with E-state index < -0.39 is 5.95 Å². The van der Waals surface area contributed by atoms with Crippen LogP contribution in [0.4, 0.5) is 4.39 Å². The number of hydrogen-bond donors (Lipinski definition) is 1. The van der Waals surface area contributed by atoms with E-state index in [-0.39, 0.29) is 18.1 Å². The Morgan fingerprint density at radius 1 is 1.62 bits per heavy atom. The second-order valence-corrected chi connectivity index (χ2v) is 3.30. The number of halogens is 1. The first-order chi connectivity index (χ1) is 7.70. The maximum Gasteiger partial charge on any atom is 0.258 e. The quantitative estimate of drug-likeness (QED) is 0.764. The van der Waals surface area contributed by atoms with Crippen LogP contribution in [0, 0.1) is 5.95 Å². The molecule has 1 rings (SSSR count). The van der Waals surface area contributed by atoms with Crippen molar-refractivity contribution in [2.45, 2.75) is 13.3 Å². The lowest BCUT2D eigenvalue weighted by Gasteiger charge is -2.20. The number of carbonyl (C=O) groups excluding carboxylic acids is 1. The van der Waals surface area contributed by atoms with Crippen LogP contribution < -0.4 is 0 Å². The maximum atomic E-state index is 13.3. The number of carbonyl (C=O) groups is 1. The van der Waals surface area contributed by atoms with Crippen LogP contribution in [0.2, 0.25) is 0 Å². The molecule has 1 amide bonds. The maximum absolute atomic E-state index is 13.3. The van der Waals surface area contributed by atoms with Crippen LogP contribution >= 0.6 is 0 Å². The van der Waals surface area contributed by atoms with Gasteiger partial charge < -0.3 is 10.0 Å². The van der Waals surface area contributed by atoms with Crippen molar-refractivity contribution in [3.8, 4) is 0 Å². The number of amides is 1. The number of aliphatic hydroxyl groups excluding tert-OH is 1. The van der Waals surface area contributed by atoms with Gasteiger partial charge in [0.05, 0.1) is 5.56 Å². The van der Waals surface area contributed by atoms with E-state index in [0.29, 0.717) is 19.5 Å². The van der Waals surface area contributed by atoms with Crippen LogP contribution in [-0.2, 0) is 0 Å². The van der Waals surface area contributed by atoms with Gasteiger partial charge in [0.2, 0.25) is 5.95 Å². The molecule has 88 valence electrons. The molecule has 1 N–H and O–H groups in total. The molecule has 1 aromatic heterocycles. The summed E-state index contributed by atoms with van der Waals surface area (Å²) in [6.07, 6.45) is 1.79. The molecule has 0 aliphatic rings. The molecule has 0 radical (unpaired) electrons. The van der Waals surface area contributed by atoms with Crippen LogP contribution in [0.15, 0.2) is 18.3 Å². The summed E-state index contributed by atoms with van der Waals surface area (Å²) in [4.78, 5) is 16.8.